The minimum absolute atomic E-state index is 0.0443. The summed E-state index contributed by atoms with van der Waals surface area (Å²) in [6.45, 7) is 9.11. The zero-order valence-electron chi connectivity index (χ0n) is 21.8. The van der Waals surface area contributed by atoms with Crippen LogP contribution in [0.1, 0.15) is 36.6 Å². The summed E-state index contributed by atoms with van der Waals surface area (Å²) in [6, 6.07) is 9.88. The zero-order valence-corrected chi connectivity index (χ0v) is 21.8. The van der Waals surface area contributed by atoms with Crippen molar-refractivity contribution in [2.24, 2.45) is 0 Å². The Balaban J connectivity index is 1.83. The minimum Gasteiger partial charge on any atom is -0.507 e. The molecule has 2 atom stereocenters. The van der Waals surface area contributed by atoms with Crippen LogP contribution in [0.5, 0.6) is 17.2 Å². The Bertz CT molecular complexity index is 1230. The highest BCUT2D eigenvalue weighted by atomic mass is 16.5. The maximum Gasteiger partial charge on any atom is 0.295 e. The van der Waals surface area contributed by atoms with Crippen LogP contribution in [0, 0.1) is 0 Å². The van der Waals surface area contributed by atoms with Gasteiger partial charge in [0.25, 0.3) is 11.7 Å². The number of aliphatic hydroxyl groups is 1. The van der Waals surface area contributed by atoms with Crippen LogP contribution in [0.3, 0.4) is 0 Å². The molecule has 196 valence electrons. The monoisotopic (exact) mass is 506 g/mol. The molecule has 0 bridgehead atoms. The summed E-state index contributed by atoms with van der Waals surface area (Å²) in [5.41, 5.74) is 2.13. The number of ketones is 1. The molecular weight excluding hydrogens is 472 g/mol. The molecule has 2 aliphatic rings. The van der Waals surface area contributed by atoms with Gasteiger partial charge in [-0.15, -0.1) is 0 Å². The Labute approximate surface area is 217 Å². The van der Waals surface area contributed by atoms with Gasteiger partial charge in [0.2, 0.25) is 0 Å². The molecule has 0 radical (unpaired) electrons. The van der Waals surface area contributed by atoms with Gasteiger partial charge in [0, 0.05) is 25.1 Å². The largest absolute Gasteiger partial charge is 0.507 e. The first-order valence-corrected chi connectivity index (χ1v) is 12.5. The van der Waals surface area contributed by atoms with E-state index in [-0.39, 0.29) is 17.4 Å². The van der Waals surface area contributed by atoms with Crippen LogP contribution in [0.15, 0.2) is 54.6 Å². The summed E-state index contributed by atoms with van der Waals surface area (Å²) >= 11 is 0. The van der Waals surface area contributed by atoms with Gasteiger partial charge in [-0.25, -0.2) is 0 Å². The Hall–Kier alpha value is -3.78. The van der Waals surface area contributed by atoms with Crippen molar-refractivity contribution in [2.45, 2.75) is 32.4 Å². The Morgan fingerprint density at radius 1 is 1.19 bits per heavy atom. The van der Waals surface area contributed by atoms with Crippen molar-refractivity contribution in [1.29, 1.82) is 0 Å². The van der Waals surface area contributed by atoms with Crippen molar-refractivity contribution >= 4 is 17.4 Å². The Morgan fingerprint density at radius 2 is 1.97 bits per heavy atom. The van der Waals surface area contributed by atoms with Gasteiger partial charge in [-0.1, -0.05) is 18.7 Å². The van der Waals surface area contributed by atoms with E-state index in [0.29, 0.717) is 55.4 Å². The second kappa shape index (κ2) is 11.1. The molecule has 2 heterocycles. The predicted octanol–water partition coefficient (Wildman–Crippen LogP) is 3.96. The fourth-order valence-electron chi connectivity index (χ4n) is 4.72. The highest BCUT2D eigenvalue weighted by Gasteiger charge is 2.46. The fraction of sp³-hybridized carbons (Fsp3) is 0.379. The number of fused-ring (bicyclic) bond motifs is 1. The molecule has 2 aromatic carbocycles. The zero-order chi connectivity index (χ0) is 26.7. The standard InChI is InChI=1S/C29H34N2O6/c1-6-14-36-23-11-8-19(17-24(23)35-7-2)26-25(28(33)29(34)31(26)13-12-30(4)5)27(32)20-9-10-22-21(16-20)15-18(3)37-22/h6,8-11,16-18,26,32H,1,7,12-15H2,2-5H3/b27-25-. The molecule has 0 saturated carbocycles. The lowest BCUT2D eigenvalue weighted by Gasteiger charge is -2.27. The summed E-state index contributed by atoms with van der Waals surface area (Å²) < 4.78 is 17.3. The van der Waals surface area contributed by atoms with Gasteiger partial charge in [0.05, 0.1) is 18.2 Å². The third-order valence-corrected chi connectivity index (χ3v) is 6.44. The lowest BCUT2D eigenvalue weighted by Crippen LogP contribution is -2.35. The predicted molar refractivity (Wildman–Crippen MR) is 141 cm³/mol. The van der Waals surface area contributed by atoms with E-state index in [1.807, 2.05) is 38.9 Å². The van der Waals surface area contributed by atoms with Gasteiger partial charge >= 0.3 is 0 Å². The highest BCUT2D eigenvalue weighted by molar-refractivity contribution is 6.46. The molecule has 37 heavy (non-hydrogen) atoms. The quantitative estimate of drug-likeness (QED) is 0.226. The van der Waals surface area contributed by atoms with Crippen LogP contribution in [-0.4, -0.2) is 73.1 Å². The average Bonchev–Trinajstić information content (AvgIpc) is 3.36. The summed E-state index contributed by atoms with van der Waals surface area (Å²) in [5.74, 6) is 0.228. The first kappa shape index (κ1) is 26.3. The number of carbonyl (C=O) groups is 2. The number of Topliss-reactive ketones (excluding diaryl/α,β-unsaturated/α-hetero) is 1. The number of aliphatic hydroxyl groups excluding tert-OH is 1. The summed E-state index contributed by atoms with van der Waals surface area (Å²) in [6.07, 6.45) is 2.39. The molecule has 2 unspecified atom stereocenters. The number of nitrogens with zero attached hydrogens (tertiary/aromatic N) is 2. The molecule has 0 aromatic heterocycles. The van der Waals surface area contributed by atoms with E-state index in [9.17, 15) is 14.7 Å². The van der Waals surface area contributed by atoms with E-state index in [0.717, 1.165) is 11.3 Å². The molecule has 1 amide bonds. The summed E-state index contributed by atoms with van der Waals surface area (Å²) in [5, 5.41) is 11.4. The van der Waals surface area contributed by atoms with E-state index in [2.05, 4.69) is 6.58 Å². The van der Waals surface area contributed by atoms with Crippen LogP contribution < -0.4 is 14.2 Å². The summed E-state index contributed by atoms with van der Waals surface area (Å²) in [4.78, 5) is 30.0. The molecule has 8 nitrogen and oxygen atoms in total. The number of likely N-dealkylation sites (N-methyl/N-ethyl adjacent to an activating group) is 1. The normalized spacial score (nSPS) is 20.2. The summed E-state index contributed by atoms with van der Waals surface area (Å²) in [7, 11) is 3.80. The SMILES string of the molecule is C=CCOc1ccc(C2/C(=C(/O)c3ccc4c(c3)CC(C)O4)C(=O)C(=O)N2CCN(C)C)cc1OCC. The lowest BCUT2D eigenvalue weighted by atomic mass is 9.94. The number of hydrogen-bond donors (Lipinski definition) is 1. The first-order chi connectivity index (χ1) is 17.7. The van der Waals surface area contributed by atoms with E-state index in [1.165, 1.54) is 4.90 Å². The van der Waals surface area contributed by atoms with Crippen molar-refractivity contribution in [3.63, 3.8) is 0 Å². The van der Waals surface area contributed by atoms with E-state index in [4.69, 9.17) is 14.2 Å². The maximum absolute atomic E-state index is 13.3. The number of hydrogen-bond acceptors (Lipinski definition) is 7. The van der Waals surface area contributed by atoms with E-state index in [1.54, 1.807) is 36.4 Å². The van der Waals surface area contributed by atoms with Gasteiger partial charge in [-0.05, 0) is 69.4 Å². The number of rotatable bonds is 10. The smallest absolute Gasteiger partial charge is 0.295 e. The maximum atomic E-state index is 13.3. The number of benzene rings is 2. The minimum atomic E-state index is -0.781. The molecule has 0 spiro atoms. The molecule has 2 aliphatic heterocycles. The number of carbonyl (C=O) groups excluding carboxylic acids is 2. The van der Waals surface area contributed by atoms with Crippen LogP contribution in [0.25, 0.3) is 5.76 Å². The Morgan fingerprint density at radius 3 is 2.68 bits per heavy atom. The van der Waals surface area contributed by atoms with Crippen molar-refractivity contribution in [3.05, 3.63) is 71.3 Å². The van der Waals surface area contributed by atoms with Crippen molar-refractivity contribution in [3.8, 4) is 17.2 Å². The number of ether oxygens (including phenoxy) is 3. The van der Waals surface area contributed by atoms with Gasteiger partial charge in [0.1, 0.15) is 24.2 Å². The molecule has 1 saturated heterocycles. The molecule has 8 heteroatoms. The molecule has 0 aliphatic carbocycles. The molecule has 4 rings (SSSR count). The van der Waals surface area contributed by atoms with Crippen molar-refractivity contribution in [1.82, 2.24) is 9.80 Å². The van der Waals surface area contributed by atoms with E-state index >= 15 is 0 Å². The van der Waals surface area contributed by atoms with Crippen LogP contribution in [0.2, 0.25) is 0 Å². The van der Waals surface area contributed by atoms with Gasteiger partial charge in [-0.2, -0.15) is 0 Å². The van der Waals surface area contributed by atoms with Crippen LogP contribution >= 0.6 is 0 Å². The van der Waals surface area contributed by atoms with Crippen molar-refractivity contribution < 1.29 is 28.9 Å². The molecule has 1 fully saturated rings. The van der Waals surface area contributed by atoms with Crippen LogP contribution in [0.4, 0.5) is 0 Å². The fourth-order valence-corrected chi connectivity index (χ4v) is 4.72. The molecule has 1 N–H and O–H groups in total. The second-order valence-corrected chi connectivity index (χ2v) is 9.49. The average molecular weight is 507 g/mol. The topological polar surface area (TPSA) is 88.5 Å². The van der Waals surface area contributed by atoms with Crippen molar-refractivity contribution in [2.75, 3.05) is 40.4 Å². The number of amides is 1. The van der Waals surface area contributed by atoms with E-state index < -0.39 is 17.7 Å². The highest BCUT2D eigenvalue weighted by Crippen LogP contribution is 2.42. The van der Waals surface area contributed by atoms with Gasteiger partial charge in [0.15, 0.2) is 11.5 Å². The molecule has 2 aromatic rings. The van der Waals surface area contributed by atoms with Gasteiger partial charge in [-0.3, -0.25) is 9.59 Å². The van der Waals surface area contributed by atoms with Crippen LogP contribution in [-0.2, 0) is 16.0 Å². The number of likely N-dealkylation sites (tertiary alicyclic amines) is 1. The third-order valence-electron chi connectivity index (χ3n) is 6.44. The van der Waals surface area contributed by atoms with Gasteiger partial charge < -0.3 is 29.1 Å². The second-order valence-electron chi connectivity index (χ2n) is 9.49. The Kier molecular flexibility index (Phi) is 7.88. The third kappa shape index (κ3) is 5.34. The first-order valence-electron chi connectivity index (χ1n) is 12.5. The lowest BCUT2D eigenvalue weighted by molar-refractivity contribution is -0.140. The molecular formula is C29H34N2O6.